The Morgan fingerprint density at radius 3 is 2.07 bits per heavy atom. The molecule has 3 saturated carbocycles. The topological polar surface area (TPSA) is 206 Å². The van der Waals surface area contributed by atoms with Gasteiger partial charge in [0.05, 0.1) is 59.6 Å². The maximum Gasteiger partial charge on any atom is 0.345 e. The summed E-state index contributed by atoms with van der Waals surface area (Å²) >= 11 is 0. The number of benzene rings is 3. The van der Waals surface area contributed by atoms with Gasteiger partial charge in [-0.15, -0.1) is 0 Å². The number of esters is 2. The fourth-order valence-corrected chi connectivity index (χ4v) is 14.2. The lowest BCUT2D eigenvalue weighted by Crippen LogP contribution is -2.54. The van der Waals surface area contributed by atoms with E-state index < -0.39 is 33.9 Å². The van der Waals surface area contributed by atoms with Crippen LogP contribution in [0.3, 0.4) is 0 Å². The number of ketones is 2. The summed E-state index contributed by atoms with van der Waals surface area (Å²) in [5.74, 6) is -0.603. The third-order valence-electron chi connectivity index (χ3n) is 17.7. The molecular formula is C60H77N4O11S+. The zero-order chi connectivity index (χ0) is 54.6. The fraction of sp³-hybridized carbons (Fsp3) is 0.550. The average molecular weight is 1060 g/mol. The van der Waals surface area contributed by atoms with E-state index in [0.29, 0.717) is 115 Å². The van der Waals surface area contributed by atoms with Gasteiger partial charge >= 0.3 is 11.9 Å². The number of aryl methyl sites for hydroxylation is 3. The first kappa shape index (κ1) is 56.4. The minimum absolute atomic E-state index is 0.0354. The van der Waals surface area contributed by atoms with Crippen molar-refractivity contribution in [3.63, 3.8) is 0 Å². The number of amides is 2. The molecule has 0 radical (unpaired) electrons. The molecule has 76 heavy (non-hydrogen) atoms. The predicted molar refractivity (Wildman–Crippen MR) is 288 cm³/mol. The van der Waals surface area contributed by atoms with Crippen molar-refractivity contribution in [1.29, 1.82) is 0 Å². The number of para-hydroxylation sites is 2. The number of hydrogen-bond donors (Lipinski definition) is 2. The molecule has 408 valence electrons. The first-order valence-electron chi connectivity index (χ1n) is 27.6. The molecule has 7 atom stereocenters. The van der Waals surface area contributed by atoms with Crippen molar-refractivity contribution in [2.45, 2.75) is 137 Å². The van der Waals surface area contributed by atoms with Crippen LogP contribution >= 0.6 is 0 Å². The van der Waals surface area contributed by atoms with Gasteiger partial charge in [0.25, 0.3) is 5.91 Å². The van der Waals surface area contributed by atoms with E-state index in [1.54, 1.807) is 32.1 Å². The SMILES string of the molecule is CCCC[n+]1c2ccccc2c(C(=O)Oc2c(C)cc(C(=O)NCCC[N+](C)(CCCNC(=O)CCC(=O)O[C@@H]3CC4C(CC[C@]5(C)C(=O)CCC45)[C@@]4(C)CCC(=O)C=C34)CCCS(=O)(=O)[O-])cc2C)c2ccccc21. The molecule has 4 aliphatic rings. The molecule has 15 nitrogen and oxygen atoms in total. The number of rotatable bonds is 22. The van der Waals surface area contributed by atoms with Crippen molar-refractivity contribution in [2.75, 3.05) is 45.5 Å². The molecule has 0 saturated heterocycles. The molecular weight excluding hydrogens is 985 g/mol. The molecule has 2 amide bonds. The van der Waals surface area contributed by atoms with E-state index in [1.165, 1.54) is 0 Å². The number of carbonyl (C=O) groups excluding carboxylic acids is 6. The minimum Gasteiger partial charge on any atom is -0.748 e. The van der Waals surface area contributed by atoms with Crippen LogP contribution in [0, 0.1) is 42.4 Å². The highest BCUT2D eigenvalue weighted by Gasteiger charge is 2.61. The molecule has 4 aromatic rings. The zero-order valence-electron chi connectivity index (χ0n) is 45.3. The summed E-state index contributed by atoms with van der Waals surface area (Å²) in [6.45, 7) is 13.0. The van der Waals surface area contributed by atoms with Crippen LogP contribution in [-0.4, -0.2) is 104 Å². The summed E-state index contributed by atoms with van der Waals surface area (Å²) in [6, 6.07) is 19.1. The van der Waals surface area contributed by atoms with Crippen molar-refractivity contribution in [1.82, 2.24) is 10.6 Å². The van der Waals surface area contributed by atoms with Crippen LogP contribution in [0.4, 0.5) is 0 Å². The highest BCUT2D eigenvalue weighted by atomic mass is 32.2. The summed E-state index contributed by atoms with van der Waals surface area (Å²) in [4.78, 5) is 80.0. The van der Waals surface area contributed by atoms with Crippen LogP contribution in [0.5, 0.6) is 5.75 Å². The third-order valence-corrected chi connectivity index (χ3v) is 18.5. The number of pyridine rings is 1. The fourth-order valence-electron chi connectivity index (χ4n) is 13.7. The number of Topliss-reactive ketones (excluding diaryl/α,β-unsaturated/α-hetero) is 1. The van der Waals surface area contributed by atoms with Gasteiger partial charge in [-0.05, 0) is 116 Å². The molecule has 0 spiro atoms. The highest BCUT2D eigenvalue weighted by molar-refractivity contribution is 7.85. The Balaban J connectivity index is 0.821. The lowest BCUT2D eigenvalue weighted by Gasteiger charge is -2.58. The number of quaternary nitrogens is 1. The lowest BCUT2D eigenvalue weighted by atomic mass is 9.47. The van der Waals surface area contributed by atoms with Crippen LogP contribution in [0.25, 0.3) is 21.8 Å². The van der Waals surface area contributed by atoms with Crippen molar-refractivity contribution >= 4 is 67.2 Å². The molecule has 0 bridgehead atoms. The van der Waals surface area contributed by atoms with Crippen molar-refractivity contribution < 1.29 is 60.3 Å². The lowest BCUT2D eigenvalue weighted by molar-refractivity contribution is -0.909. The molecule has 4 aliphatic carbocycles. The van der Waals surface area contributed by atoms with E-state index in [4.69, 9.17) is 9.47 Å². The Hall–Kier alpha value is -5.84. The van der Waals surface area contributed by atoms with Crippen molar-refractivity contribution in [3.8, 4) is 5.75 Å². The molecule has 2 N–H and O–H groups in total. The molecule has 1 aromatic heterocycles. The Labute approximate surface area is 447 Å². The van der Waals surface area contributed by atoms with Gasteiger partial charge in [-0.25, -0.2) is 13.2 Å². The third kappa shape index (κ3) is 12.3. The molecule has 3 fully saturated rings. The van der Waals surface area contributed by atoms with Gasteiger partial charge in [-0.3, -0.25) is 24.0 Å². The number of nitrogens with one attached hydrogen (secondary N) is 2. The summed E-state index contributed by atoms with van der Waals surface area (Å²) < 4.78 is 49.6. The molecule has 16 heteroatoms. The zero-order valence-corrected chi connectivity index (χ0v) is 46.1. The van der Waals surface area contributed by atoms with Crippen molar-refractivity contribution in [2.24, 2.45) is 28.6 Å². The monoisotopic (exact) mass is 1060 g/mol. The summed E-state index contributed by atoms with van der Waals surface area (Å²) in [5, 5.41) is 7.49. The van der Waals surface area contributed by atoms with Crippen molar-refractivity contribution in [3.05, 3.63) is 94.6 Å². The van der Waals surface area contributed by atoms with Crippen LogP contribution in [-0.2, 0) is 40.6 Å². The van der Waals surface area contributed by atoms with Gasteiger partial charge in [-0.1, -0.05) is 51.5 Å². The van der Waals surface area contributed by atoms with E-state index in [-0.39, 0.29) is 59.5 Å². The van der Waals surface area contributed by atoms with Gasteiger partial charge in [0.1, 0.15) is 24.2 Å². The average Bonchev–Trinajstić information content (AvgIpc) is 3.76. The smallest absolute Gasteiger partial charge is 0.345 e. The molecule has 4 unspecified atom stereocenters. The van der Waals surface area contributed by atoms with Crippen LogP contribution in [0.1, 0.15) is 143 Å². The summed E-state index contributed by atoms with van der Waals surface area (Å²) in [5.41, 5.74) is 4.28. The molecule has 3 aromatic carbocycles. The second-order valence-electron chi connectivity index (χ2n) is 23.0. The van der Waals surface area contributed by atoms with E-state index in [9.17, 15) is 41.7 Å². The number of nitrogens with zero attached hydrogens (tertiary/aromatic N) is 2. The van der Waals surface area contributed by atoms with Crippen LogP contribution in [0.2, 0.25) is 0 Å². The van der Waals surface area contributed by atoms with Crippen LogP contribution in [0.15, 0.2) is 72.3 Å². The number of carbonyl (C=O) groups is 6. The van der Waals surface area contributed by atoms with Gasteiger partial charge in [0.15, 0.2) is 5.78 Å². The summed E-state index contributed by atoms with van der Waals surface area (Å²) in [6.07, 6.45) is 9.07. The minimum atomic E-state index is -4.42. The number of ether oxygens (including phenoxy) is 2. The number of hydrogen-bond acceptors (Lipinski definition) is 11. The Morgan fingerprint density at radius 2 is 1.42 bits per heavy atom. The highest BCUT2D eigenvalue weighted by Crippen LogP contribution is 2.64. The van der Waals surface area contributed by atoms with Gasteiger partial charge < -0.3 is 29.1 Å². The van der Waals surface area contributed by atoms with E-state index in [2.05, 4.69) is 36.0 Å². The standard InChI is InChI=1S/C60H76N4O11S/c1-7-8-30-63-49-18-11-9-16-43(49)55(44-17-10-12-19-50(44)63)58(70)75-56-39(2)35-41(36-40(56)3)57(69)62-29-14-32-64(6,33-15-34-76(71,72)73)31-13-28-61-53(67)22-23-54(68)74-51-38-45-46-20-21-52(66)60(46,5)27-25-47(45)59(4)26-24-42(65)37-48(51)59/h9-12,16-19,35-37,45-47,51H,7-8,13-15,20-34,38H2,1-6H3,(H-2,61,62,67,69,71,72,73)/p+1/t45?,46?,47?,51-,59-,60+,64?/m1/s1. The number of unbranched alkanes of at least 4 members (excludes halogenated alkanes) is 1. The maximum atomic E-state index is 14.2. The van der Waals surface area contributed by atoms with Gasteiger partial charge in [0, 0.05) is 86.9 Å². The maximum absolute atomic E-state index is 14.2. The molecule has 1 heterocycles. The first-order valence-corrected chi connectivity index (χ1v) is 29.2. The largest absolute Gasteiger partial charge is 0.748 e. The van der Waals surface area contributed by atoms with Gasteiger partial charge in [-0.2, -0.15) is 4.57 Å². The summed E-state index contributed by atoms with van der Waals surface area (Å²) in [7, 11) is -2.46. The van der Waals surface area contributed by atoms with Gasteiger partial charge in [0.2, 0.25) is 16.9 Å². The quantitative estimate of drug-likeness (QED) is 0.0146. The second kappa shape index (κ2) is 23.4. The molecule has 8 rings (SSSR count). The van der Waals surface area contributed by atoms with Crippen LogP contribution < -0.4 is 19.9 Å². The predicted octanol–water partition coefficient (Wildman–Crippen LogP) is 8.33. The normalized spacial score (nSPS) is 24.0. The second-order valence-corrected chi connectivity index (χ2v) is 24.5. The number of fused-ring (bicyclic) bond motifs is 7. The van der Waals surface area contributed by atoms with E-state index in [0.717, 1.165) is 66.0 Å². The Kier molecular flexibility index (Phi) is 17.4. The Morgan fingerprint density at radius 1 is 0.803 bits per heavy atom. The Bertz CT molecular complexity index is 2980. The first-order chi connectivity index (χ1) is 36.1. The van der Waals surface area contributed by atoms with E-state index >= 15 is 0 Å². The molecule has 0 aliphatic heterocycles. The number of aromatic nitrogens is 1. The van der Waals surface area contributed by atoms with E-state index in [1.807, 2.05) is 55.6 Å².